The molecule has 1 atom stereocenters. The van der Waals surface area contributed by atoms with Gasteiger partial charge in [-0.2, -0.15) is 0 Å². The third kappa shape index (κ3) is 4.06. The Kier molecular flexibility index (Phi) is 5.27. The van der Waals surface area contributed by atoms with E-state index >= 15 is 0 Å². The van der Waals surface area contributed by atoms with Crippen LogP contribution in [-0.4, -0.2) is 22.8 Å². The second-order valence-corrected chi connectivity index (χ2v) is 6.19. The van der Waals surface area contributed by atoms with Crippen LogP contribution in [-0.2, 0) is 11.3 Å². The molecule has 5 heteroatoms. The van der Waals surface area contributed by atoms with Gasteiger partial charge in [-0.15, -0.1) is 0 Å². The van der Waals surface area contributed by atoms with E-state index in [4.69, 9.17) is 9.84 Å². The Hall–Kier alpha value is -3.21. The number of ether oxygens (including phenoxy) is 1. The summed E-state index contributed by atoms with van der Waals surface area (Å²) in [5.74, 6) is -0.161. The van der Waals surface area contributed by atoms with E-state index in [0.717, 1.165) is 17.9 Å². The van der Waals surface area contributed by atoms with E-state index in [2.05, 4.69) is 11.9 Å². The van der Waals surface area contributed by atoms with Crippen molar-refractivity contribution in [2.75, 3.05) is 0 Å². The number of carboxylic acids is 1. The number of hydrogen-bond acceptors (Lipinski definition) is 4. The lowest BCUT2D eigenvalue weighted by Crippen LogP contribution is -2.16. The number of carboxylic acid groups (broad SMARTS) is 1. The van der Waals surface area contributed by atoms with Crippen molar-refractivity contribution < 1.29 is 19.4 Å². The molecule has 0 bridgehead atoms. The molecular weight excluding hydrogens is 330 g/mol. The zero-order valence-electron chi connectivity index (χ0n) is 14.4. The number of ketones is 1. The van der Waals surface area contributed by atoms with Crippen molar-refractivity contribution in [2.45, 2.75) is 20.0 Å². The van der Waals surface area contributed by atoms with Gasteiger partial charge in [0.15, 0.2) is 11.7 Å². The van der Waals surface area contributed by atoms with E-state index in [1.165, 1.54) is 24.3 Å². The summed E-state index contributed by atoms with van der Waals surface area (Å²) in [7, 11) is 0. The lowest BCUT2D eigenvalue weighted by molar-refractivity contribution is 0.0696. The van der Waals surface area contributed by atoms with Crippen molar-refractivity contribution in [2.24, 2.45) is 10.9 Å². The van der Waals surface area contributed by atoms with Crippen LogP contribution in [0.5, 0.6) is 0 Å². The number of hydrogen-bond donors (Lipinski definition) is 1. The predicted molar refractivity (Wildman–Crippen MR) is 98.4 cm³/mol. The molecule has 0 aromatic heterocycles. The zero-order valence-corrected chi connectivity index (χ0v) is 14.4. The van der Waals surface area contributed by atoms with Crippen molar-refractivity contribution in [3.8, 4) is 0 Å². The summed E-state index contributed by atoms with van der Waals surface area (Å²) in [6.07, 6.45) is 4.70. The molecule has 1 N–H and O–H groups in total. The average molecular weight is 349 g/mol. The number of aliphatic imine (C=N–C) groups is 1. The lowest BCUT2D eigenvalue weighted by Gasteiger charge is -2.16. The molecule has 0 aliphatic carbocycles. The maximum absolute atomic E-state index is 12.5. The Morgan fingerprint density at radius 1 is 1.04 bits per heavy atom. The lowest BCUT2D eigenvalue weighted by atomic mass is 10.0. The summed E-state index contributed by atoms with van der Waals surface area (Å²) in [5, 5.41) is 8.91. The number of rotatable bonds is 5. The smallest absolute Gasteiger partial charge is 0.335 e. The van der Waals surface area contributed by atoms with Gasteiger partial charge in [-0.05, 0) is 24.1 Å². The Morgan fingerprint density at radius 2 is 1.62 bits per heavy atom. The maximum Gasteiger partial charge on any atom is 0.335 e. The molecule has 0 amide bonds. The van der Waals surface area contributed by atoms with Crippen molar-refractivity contribution in [3.63, 3.8) is 0 Å². The second-order valence-electron chi connectivity index (χ2n) is 6.19. The van der Waals surface area contributed by atoms with Gasteiger partial charge in [0, 0.05) is 23.2 Å². The molecule has 0 saturated heterocycles. The largest absolute Gasteiger partial charge is 0.478 e. The molecule has 2 aromatic rings. The van der Waals surface area contributed by atoms with E-state index in [1.54, 1.807) is 18.3 Å². The van der Waals surface area contributed by atoms with Crippen LogP contribution in [0, 0.1) is 5.92 Å². The Labute approximate surface area is 151 Å². The van der Waals surface area contributed by atoms with Gasteiger partial charge in [0.1, 0.15) is 6.61 Å². The molecule has 1 unspecified atom stereocenters. The molecule has 5 nitrogen and oxygen atoms in total. The highest BCUT2D eigenvalue weighted by molar-refractivity contribution is 6.09. The van der Waals surface area contributed by atoms with Crippen LogP contribution in [0.2, 0.25) is 0 Å². The summed E-state index contributed by atoms with van der Waals surface area (Å²) in [6, 6.07) is 13.1. The SMILES string of the molecule is CC1CC=CN=C1OCc1ccc(C(=O)c2ccc(C(=O)O)cc2)cc1. The second kappa shape index (κ2) is 7.78. The van der Waals surface area contributed by atoms with Crippen molar-refractivity contribution in [1.82, 2.24) is 0 Å². The quantitative estimate of drug-likeness (QED) is 0.825. The van der Waals surface area contributed by atoms with Gasteiger partial charge >= 0.3 is 5.97 Å². The minimum Gasteiger partial charge on any atom is -0.478 e. The first kappa shape index (κ1) is 17.6. The minimum atomic E-state index is -1.01. The van der Waals surface area contributed by atoms with Crippen molar-refractivity contribution >= 4 is 17.7 Å². The van der Waals surface area contributed by atoms with Crippen molar-refractivity contribution in [3.05, 3.63) is 83.1 Å². The highest BCUT2D eigenvalue weighted by Gasteiger charge is 2.14. The van der Waals surface area contributed by atoms with Gasteiger partial charge in [0.2, 0.25) is 0 Å². The number of carbonyl (C=O) groups excluding carboxylic acids is 1. The van der Waals surface area contributed by atoms with E-state index in [9.17, 15) is 9.59 Å². The number of aromatic carboxylic acids is 1. The van der Waals surface area contributed by atoms with Crippen LogP contribution in [0.15, 0.2) is 65.8 Å². The molecular formula is C21H19NO4. The highest BCUT2D eigenvalue weighted by atomic mass is 16.5. The van der Waals surface area contributed by atoms with Gasteiger partial charge < -0.3 is 9.84 Å². The van der Waals surface area contributed by atoms with Crippen LogP contribution in [0.3, 0.4) is 0 Å². The summed E-state index contributed by atoms with van der Waals surface area (Å²) in [5.41, 5.74) is 2.11. The predicted octanol–water partition coefficient (Wildman–Crippen LogP) is 4.08. The molecule has 0 saturated carbocycles. The maximum atomic E-state index is 12.5. The first-order valence-electron chi connectivity index (χ1n) is 8.37. The zero-order chi connectivity index (χ0) is 18.5. The molecule has 3 rings (SSSR count). The molecule has 0 fully saturated rings. The van der Waals surface area contributed by atoms with Crippen molar-refractivity contribution in [1.29, 1.82) is 0 Å². The molecule has 0 radical (unpaired) electrons. The van der Waals surface area contributed by atoms with E-state index in [-0.39, 0.29) is 17.3 Å². The van der Waals surface area contributed by atoms with Gasteiger partial charge in [-0.25, -0.2) is 9.79 Å². The highest BCUT2D eigenvalue weighted by Crippen LogP contribution is 2.16. The van der Waals surface area contributed by atoms with Gasteiger partial charge in [0.05, 0.1) is 5.56 Å². The van der Waals surface area contributed by atoms with Crippen LogP contribution >= 0.6 is 0 Å². The molecule has 1 heterocycles. The van der Waals surface area contributed by atoms with Gasteiger partial charge in [0.25, 0.3) is 0 Å². The topological polar surface area (TPSA) is 76.0 Å². The third-order valence-electron chi connectivity index (χ3n) is 4.22. The number of benzene rings is 2. The fourth-order valence-corrected chi connectivity index (χ4v) is 2.64. The Morgan fingerprint density at radius 3 is 2.19 bits per heavy atom. The standard InChI is InChI=1S/C21H19NO4/c1-14-3-2-12-22-20(14)26-13-15-4-6-16(7-5-15)19(23)17-8-10-18(11-9-17)21(24)25/h2,4-12,14H,3,13H2,1H3,(H,24,25). The first-order chi connectivity index (χ1) is 12.5. The van der Waals surface area contributed by atoms with Crippen LogP contribution in [0.1, 0.15) is 45.2 Å². The Bertz CT molecular complexity index is 864. The molecule has 0 spiro atoms. The minimum absolute atomic E-state index is 0.148. The monoisotopic (exact) mass is 349 g/mol. The van der Waals surface area contributed by atoms with E-state index in [0.29, 0.717) is 17.7 Å². The van der Waals surface area contributed by atoms with E-state index < -0.39 is 5.97 Å². The molecule has 2 aromatic carbocycles. The normalized spacial score (nSPS) is 16.0. The molecule has 132 valence electrons. The summed E-state index contributed by atoms with van der Waals surface area (Å²) in [4.78, 5) is 27.6. The summed E-state index contributed by atoms with van der Waals surface area (Å²) in [6.45, 7) is 2.47. The van der Waals surface area contributed by atoms with Crippen LogP contribution < -0.4 is 0 Å². The van der Waals surface area contributed by atoms with E-state index in [1.807, 2.05) is 18.2 Å². The van der Waals surface area contributed by atoms with Crippen LogP contribution in [0.4, 0.5) is 0 Å². The molecule has 1 aliphatic rings. The molecule has 1 aliphatic heterocycles. The summed E-state index contributed by atoms with van der Waals surface area (Å²) < 4.78 is 5.76. The van der Waals surface area contributed by atoms with Gasteiger partial charge in [-0.3, -0.25) is 4.79 Å². The first-order valence-corrected chi connectivity index (χ1v) is 8.37. The average Bonchev–Trinajstić information content (AvgIpc) is 2.67. The number of nitrogens with zero attached hydrogens (tertiary/aromatic N) is 1. The Balaban J connectivity index is 1.65. The summed E-state index contributed by atoms with van der Waals surface area (Å²) >= 11 is 0. The number of carbonyl (C=O) groups is 2. The molecule has 26 heavy (non-hydrogen) atoms. The fraction of sp³-hybridized carbons (Fsp3) is 0.190. The number of allylic oxidation sites excluding steroid dienone is 1. The van der Waals surface area contributed by atoms with Gasteiger partial charge in [-0.1, -0.05) is 49.4 Å². The van der Waals surface area contributed by atoms with Crippen LogP contribution in [0.25, 0.3) is 0 Å². The fourth-order valence-electron chi connectivity index (χ4n) is 2.64. The third-order valence-corrected chi connectivity index (χ3v) is 4.22.